The maximum atomic E-state index is 12.5. The first-order valence-electron chi connectivity index (χ1n) is 11.0. The van der Waals surface area contributed by atoms with Gasteiger partial charge >= 0.3 is 0 Å². The molecule has 0 saturated carbocycles. The summed E-state index contributed by atoms with van der Waals surface area (Å²) in [7, 11) is 0. The lowest BCUT2D eigenvalue weighted by Gasteiger charge is -2.18. The van der Waals surface area contributed by atoms with Crippen molar-refractivity contribution in [2.45, 2.75) is 83.6 Å². The molecular formula is C23H39N3O2. The van der Waals surface area contributed by atoms with E-state index in [9.17, 15) is 9.59 Å². The maximum Gasteiger partial charge on any atom is 0.242 e. The van der Waals surface area contributed by atoms with Gasteiger partial charge in [-0.3, -0.25) is 9.59 Å². The van der Waals surface area contributed by atoms with Crippen LogP contribution >= 0.6 is 0 Å². The number of carbonyl (C=O) groups is 2. The summed E-state index contributed by atoms with van der Waals surface area (Å²) in [5.74, 6) is -0.448. The molecular weight excluding hydrogens is 350 g/mol. The molecule has 4 N–H and O–H groups in total. The average Bonchev–Trinajstić information content (AvgIpc) is 2.72. The normalized spacial score (nSPS) is 11.8. The van der Waals surface area contributed by atoms with Crippen molar-refractivity contribution in [3.05, 3.63) is 35.9 Å². The highest BCUT2D eigenvalue weighted by molar-refractivity contribution is 5.88. The monoisotopic (exact) mass is 389 g/mol. The molecule has 1 rings (SSSR count). The van der Waals surface area contributed by atoms with Crippen molar-refractivity contribution in [2.75, 3.05) is 13.1 Å². The van der Waals surface area contributed by atoms with Crippen molar-refractivity contribution in [1.29, 1.82) is 0 Å². The third kappa shape index (κ3) is 11.8. The average molecular weight is 390 g/mol. The quantitative estimate of drug-likeness (QED) is 0.377. The van der Waals surface area contributed by atoms with Gasteiger partial charge in [0.05, 0.1) is 6.54 Å². The number of nitrogens with one attached hydrogen (secondary N) is 2. The zero-order chi connectivity index (χ0) is 20.5. The van der Waals surface area contributed by atoms with Gasteiger partial charge in [0.15, 0.2) is 0 Å². The van der Waals surface area contributed by atoms with Crippen LogP contribution in [0.2, 0.25) is 0 Å². The van der Waals surface area contributed by atoms with E-state index in [-0.39, 0.29) is 18.4 Å². The van der Waals surface area contributed by atoms with Crippen LogP contribution in [0.3, 0.4) is 0 Å². The number of benzene rings is 1. The number of hydrogen-bond donors (Lipinski definition) is 3. The van der Waals surface area contributed by atoms with Gasteiger partial charge < -0.3 is 16.4 Å². The van der Waals surface area contributed by atoms with E-state index in [4.69, 9.17) is 5.73 Å². The number of unbranched alkanes of at least 4 members (excludes halogenated alkanes) is 9. The van der Waals surface area contributed by atoms with Gasteiger partial charge in [-0.2, -0.15) is 0 Å². The molecule has 0 unspecified atom stereocenters. The smallest absolute Gasteiger partial charge is 0.242 e. The number of amides is 2. The van der Waals surface area contributed by atoms with Crippen molar-refractivity contribution in [2.24, 2.45) is 5.73 Å². The van der Waals surface area contributed by atoms with Crippen molar-refractivity contribution in [3.63, 3.8) is 0 Å². The van der Waals surface area contributed by atoms with Gasteiger partial charge in [-0.1, -0.05) is 95.0 Å². The molecule has 158 valence electrons. The van der Waals surface area contributed by atoms with Crippen LogP contribution in [0.15, 0.2) is 30.3 Å². The fraction of sp³-hybridized carbons (Fsp3) is 0.652. The lowest BCUT2D eigenvalue weighted by molar-refractivity contribution is -0.128. The summed E-state index contributed by atoms with van der Waals surface area (Å²) in [6.45, 7) is 2.78. The molecule has 0 radical (unpaired) electrons. The fourth-order valence-corrected chi connectivity index (χ4v) is 3.26. The summed E-state index contributed by atoms with van der Waals surface area (Å²) in [4.78, 5) is 24.2. The van der Waals surface area contributed by atoms with Crippen molar-refractivity contribution >= 4 is 11.8 Å². The summed E-state index contributed by atoms with van der Waals surface area (Å²) in [6.07, 6.45) is 13.1. The van der Waals surface area contributed by atoms with Gasteiger partial charge in [0, 0.05) is 13.0 Å². The minimum Gasteiger partial charge on any atom is -0.354 e. The second kappa shape index (κ2) is 16.1. The Balaban J connectivity index is 2.21. The van der Waals surface area contributed by atoms with Crippen LogP contribution in [-0.2, 0) is 16.0 Å². The first-order valence-corrected chi connectivity index (χ1v) is 11.0. The predicted octanol–water partition coefficient (Wildman–Crippen LogP) is 3.71. The van der Waals surface area contributed by atoms with Crippen LogP contribution in [0.1, 0.15) is 76.7 Å². The van der Waals surface area contributed by atoms with Gasteiger partial charge in [-0.15, -0.1) is 0 Å². The molecule has 0 aliphatic carbocycles. The first kappa shape index (κ1) is 24.2. The Morgan fingerprint density at radius 1 is 0.893 bits per heavy atom. The van der Waals surface area contributed by atoms with E-state index in [0.29, 0.717) is 13.0 Å². The maximum absolute atomic E-state index is 12.5. The lowest BCUT2D eigenvalue weighted by atomic mass is 10.0. The van der Waals surface area contributed by atoms with E-state index in [1.165, 1.54) is 51.4 Å². The summed E-state index contributed by atoms with van der Waals surface area (Å²) in [6, 6.07) is 9.12. The molecule has 0 fully saturated rings. The zero-order valence-electron chi connectivity index (χ0n) is 17.6. The zero-order valence-corrected chi connectivity index (χ0v) is 17.6. The number of nitrogens with two attached hydrogens (primary N) is 1. The molecule has 5 heteroatoms. The van der Waals surface area contributed by atoms with Gasteiger partial charge in [0.25, 0.3) is 0 Å². The van der Waals surface area contributed by atoms with Crippen LogP contribution in [0.25, 0.3) is 0 Å². The van der Waals surface area contributed by atoms with Crippen molar-refractivity contribution in [1.82, 2.24) is 10.6 Å². The number of rotatable bonds is 16. The van der Waals surface area contributed by atoms with E-state index in [1.807, 2.05) is 30.3 Å². The first-order chi connectivity index (χ1) is 13.7. The molecule has 1 atom stereocenters. The molecule has 0 aromatic heterocycles. The van der Waals surface area contributed by atoms with E-state index >= 15 is 0 Å². The molecule has 0 heterocycles. The van der Waals surface area contributed by atoms with Crippen LogP contribution in [0, 0.1) is 0 Å². The van der Waals surface area contributed by atoms with Crippen molar-refractivity contribution in [3.8, 4) is 0 Å². The second-order valence-electron chi connectivity index (χ2n) is 7.49. The molecule has 1 aromatic carbocycles. The summed E-state index contributed by atoms with van der Waals surface area (Å²) >= 11 is 0. The fourth-order valence-electron chi connectivity index (χ4n) is 3.26. The largest absolute Gasteiger partial charge is 0.354 e. The highest BCUT2D eigenvalue weighted by Crippen LogP contribution is 2.10. The minimum atomic E-state index is -0.582. The summed E-state index contributed by atoms with van der Waals surface area (Å²) in [5.41, 5.74) is 6.40. The van der Waals surface area contributed by atoms with E-state index in [2.05, 4.69) is 17.6 Å². The molecule has 1 aromatic rings. The van der Waals surface area contributed by atoms with Gasteiger partial charge in [0.1, 0.15) is 6.04 Å². The minimum absolute atomic E-state index is 0.114. The Morgan fingerprint density at radius 3 is 2.04 bits per heavy atom. The molecule has 2 amide bonds. The SMILES string of the molecule is CCCCCCCCCCCCNC(=O)[C@@H](Cc1ccccc1)NC(=O)CN. The van der Waals surface area contributed by atoms with Crippen LogP contribution in [0.4, 0.5) is 0 Å². The summed E-state index contributed by atoms with van der Waals surface area (Å²) < 4.78 is 0. The van der Waals surface area contributed by atoms with E-state index in [0.717, 1.165) is 18.4 Å². The van der Waals surface area contributed by atoms with E-state index < -0.39 is 6.04 Å². The van der Waals surface area contributed by atoms with Crippen LogP contribution in [0.5, 0.6) is 0 Å². The summed E-state index contributed by atoms with van der Waals surface area (Å²) in [5, 5.41) is 5.69. The van der Waals surface area contributed by atoms with Crippen molar-refractivity contribution < 1.29 is 9.59 Å². The third-order valence-corrected chi connectivity index (χ3v) is 4.95. The predicted molar refractivity (Wildman–Crippen MR) is 116 cm³/mol. The van der Waals surface area contributed by atoms with Gasteiger partial charge in [0.2, 0.25) is 11.8 Å². The Morgan fingerprint density at radius 2 is 1.46 bits per heavy atom. The molecule has 0 saturated heterocycles. The molecule has 5 nitrogen and oxygen atoms in total. The molecule has 28 heavy (non-hydrogen) atoms. The second-order valence-corrected chi connectivity index (χ2v) is 7.49. The van der Waals surface area contributed by atoms with Crippen LogP contribution < -0.4 is 16.4 Å². The highest BCUT2D eigenvalue weighted by Gasteiger charge is 2.20. The Labute approximate surface area is 170 Å². The molecule has 0 aliphatic rings. The number of hydrogen-bond acceptors (Lipinski definition) is 3. The molecule has 0 aliphatic heterocycles. The van der Waals surface area contributed by atoms with Gasteiger partial charge in [-0.05, 0) is 12.0 Å². The Bertz CT molecular complexity index is 534. The van der Waals surface area contributed by atoms with E-state index in [1.54, 1.807) is 0 Å². The topological polar surface area (TPSA) is 84.2 Å². The Hall–Kier alpha value is -1.88. The number of carbonyl (C=O) groups excluding carboxylic acids is 2. The molecule has 0 spiro atoms. The lowest BCUT2D eigenvalue weighted by Crippen LogP contribution is -2.49. The standard InChI is InChI=1S/C23H39N3O2/c1-2-3-4-5-6-7-8-9-10-14-17-25-23(28)21(26-22(27)19-24)18-20-15-12-11-13-16-20/h11-13,15-16,21H,2-10,14,17-19,24H2,1H3,(H,25,28)(H,26,27)/t21-/m1/s1. The van der Waals surface area contributed by atoms with Crippen LogP contribution in [-0.4, -0.2) is 30.9 Å². The molecule has 0 bridgehead atoms. The Kier molecular flexibility index (Phi) is 13.9. The third-order valence-electron chi connectivity index (χ3n) is 4.95. The van der Waals surface area contributed by atoms with Gasteiger partial charge in [-0.25, -0.2) is 0 Å². The highest BCUT2D eigenvalue weighted by atomic mass is 16.2.